The lowest BCUT2D eigenvalue weighted by molar-refractivity contribution is -0.139. The Balaban J connectivity index is 1.71. The van der Waals surface area contributed by atoms with Crippen molar-refractivity contribution in [1.82, 2.24) is 4.90 Å². The Morgan fingerprint density at radius 1 is 1.28 bits per heavy atom. The monoisotopic (exact) mass is 252 g/mol. The summed E-state index contributed by atoms with van der Waals surface area (Å²) < 4.78 is 5.56. The van der Waals surface area contributed by atoms with Crippen LogP contribution in [0.15, 0.2) is 0 Å². The summed E-state index contributed by atoms with van der Waals surface area (Å²) in [7, 11) is 1.93. The third-order valence-electron chi connectivity index (χ3n) is 5.45. The Labute approximate surface area is 109 Å². The first-order chi connectivity index (χ1) is 8.59. The molecule has 2 bridgehead atoms. The van der Waals surface area contributed by atoms with E-state index < -0.39 is 0 Å². The summed E-state index contributed by atoms with van der Waals surface area (Å²) in [6.07, 6.45) is 4.71. The average Bonchev–Trinajstić information content (AvgIpc) is 3.02. The number of ether oxygens (including phenoxy) is 1. The van der Waals surface area contributed by atoms with Crippen LogP contribution >= 0.6 is 0 Å². The first-order valence-electron chi connectivity index (χ1n) is 7.23. The first kappa shape index (κ1) is 12.4. The molecule has 1 saturated heterocycles. The molecule has 4 heteroatoms. The Bertz CT molecular complexity index is 345. The highest BCUT2D eigenvalue weighted by Gasteiger charge is 2.50. The van der Waals surface area contributed by atoms with Gasteiger partial charge in [0.1, 0.15) is 0 Å². The molecule has 2 aliphatic carbocycles. The number of carbonyl (C=O) groups is 1. The maximum atomic E-state index is 12.7. The molecule has 0 aromatic rings. The van der Waals surface area contributed by atoms with Gasteiger partial charge in [-0.3, -0.25) is 4.79 Å². The summed E-state index contributed by atoms with van der Waals surface area (Å²) in [5, 5.41) is 0. The van der Waals surface area contributed by atoms with Crippen molar-refractivity contribution in [2.45, 2.75) is 50.8 Å². The fourth-order valence-electron chi connectivity index (χ4n) is 4.33. The quantitative estimate of drug-likeness (QED) is 0.797. The minimum absolute atomic E-state index is 0.0709. The van der Waals surface area contributed by atoms with E-state index in [1.807, 2.05) is 11.9 Å². The summed E-state index contributed by atoms with van der Waals surface area (Å²) >= 11 is 0. The van der Waals surface area contributed by atoms with Gasteiger partial charge < -0.3 is 15.4 Å². The zero-order valence-corrected chi connectivity index (χ0v) is 11.3. The number of likely N-dealkylation sites (N-methyl/N-ethyl adjacent to an activating group) is 1. The van der Waals surface area contributed by atoms with Gasteiger partial charge >= 0.3 is 0 Å². The third-order valence-corrected chi connectivity index (χ3v) is 5.45. The van der Waals surface area contributed by atoms with E-state index >= 15 is 0 Å². The van der Waals surface area contributed by atoms with Crippen molar-refractivity contribution in [3.63, 3.8) is 0 Å². The second kappa shape index (κ2) is 4.49. The number of carbonyl (C=O) groups excluding carboxylic acids is 1. The molecule has 102 valence electrons. The molecule has 6 atom stereocenters. The first-order valence-corrected chi connectivity index (χ1v) is 7.23. The average molecular weight is 252 g/mol. The normalized spacial score (nSPS) is 46.6. The van der Waals surface area contributed by atoms with Crippen molar-refractivity contribution in [1.29, 1.82) is 0 Å². The van der Waals surface area contributed by atoms with Gasteiger partial charge in [-0.2, -0.15) is 0 Å². The number of hydrogen-bond acceptors (Lipinski definition) is 3. The summed E-state index contributed by atoms with van der Waals surface area (Å²) in [6.45, 7) is 2.83. The second-order valence-corrected chi connectivity index (χ2v) is 6.32. The van der Waals surface area contributed by atoms with E-state index in [4.69, 9.17) is 10.5 Å². The number of fused-ring (bicyclic) bond motifs is 2. The molecular formula is C14H24N2O2. The number of amides is 1. The van der Waals surface area contributed by atoms with Crippen molar-refractivity contribution in [2.24, 2.45) is 23.5 Å². The lowest BCUT2D eigenvalue weighted by Crippen LogP contribution is -2.50. The van der Waals surface area contributed by atoms with Crippen molar-refractivity contribution < 1.29 is 9.53 Å². The number of nitrogens with zero attached hydrogens (tertiary/aromatic N) is 1. The minimum Gasteiger partial charge on any atom is -0.376 e. The van der Waals surface area contributed by atoms with Crippen LogP contribution < -0.4 is 5.73 Å². The summed E-state index contributed by atoms with van der Waals surface area (Å²) in [5.41, 5.74) is 6.26. The molecule has 3 fully saturated rings. The van der Waals surface area contributed by atoms with Gasteiger partial charge in [-0.15, -0.1) is 0 Å². The molecule has 2 saturated carbocycles. The zero-order valence-electron chi connectivity index (χ0n) is 11.3. The van der Waals surface area contributed by atoms with E-state index in [2.05, 4.69) is 6.92 Å². The molecule has 1 amide bonds. The van der Waals surface area contributed by atoms with Gasteiger partial charge in [-0.1, -0.05) is 0 Å². The summed E-state index contributed by atoms with van der Waals surface area (Å²) in [6, 6.07) is 0.333. The molecule has 3 rings (SSSR count). The second-order valence-electron chi connectivity index (χ2n) is 6.32. The van der Waals surface area contributed by atoms with Crippen LogP contribution in [-0.2, 0) is 9.53 Å². The van der Waals surface area contributed by atoms with Crippen LogP contribution in [0.1, 0.15) is 32.6 Å². The molecule has 1 heterocycles. The van der Waals surface area contributed by atoms with E-state index in [-0.39, 0.29) is 30.0 Å². The van der Waals surface area contributed by atoms with E-state index in [0.29, 0.717) is 11.8 Å². The van der Waals surface area contributed by atoms with Crippen LogP contribution in [0.5, 0.6) is 0 Å². The maximum absolute atomic E-state index is 12.7. The van der Waals surface area contributed by atoms with E-state index in [0.717, 1.165) is 13.0 Å². The maximum Gasteiger partial charge on any atom is 0.227 e. The highest BCUT2D eigenvalue weighted by Crippen LogP contribution is 2.48. The van der Waals surface area contributed by atoms with Gasteiger partial charge in [-0.05, 0) is 44.4 Å². The lowest BCUT2D eigenvalue weighted by atomic mass is 9.83. The smallest absolute Gasteiger partial charge is 0.227 e. The largest absolute Gasteiger partial charge is 0.376 e. The summed E-state index contributed by atoms with van der Waals surface area (Å²) in [4.78, 5) is 14.6. The minimum atomic E-state index is 0.0709. The predicted octanol–water partition coefficient (Wildman–Crippen LogP) is 0.996. The molecule has 0 aromatic heterocycles. The summed E-state index contributed by atoms with van der Waals surface area (Å²) in [5.74, 6) is 1.46. The van der Waals surface area contributed by atoms with Gasteiger partial charge in [0.2, 0.25) is 5.91 Å². The zero-order chi connectivity index (χ0) is 12.9. The molecule has 6 unspecified atom stereocenters. The van der Waals surface area contributed by atoms with Crippen LogP contribution in [0.3, 0.4) is 0 Å². The Morgan fingerprint density at radius 3 is 2.56 bits per heavy atom. The van der Waals surface area contributed by atoms with Gasteiger partial charge in [0, 0.05) is 19.7 Å². The van der Waals surface area contributed by atoms with Gasteiger partial charge in [0.15, 0.2) is 0 Å². The van der Waals surface area contributed by atoms with Gasteiger partial charge in [0.25, 0.3) is 0 Å². The fourth-order valence-corrected chi connectivity index (χ4v) is 4.33. The van der Waals surface area contributed by atoms with Crippen molar-refractivity contribution >= 4 is 5.91 Å². The van der Waals surface area contributed by atoms with E-state index in [1.54, 1.807) is 0 Å². The van der Waals surface area contributed by atoms with Crippen LogP contribution in [0.2, 0.25) is 0 Å². The van der Waals surface area contributed by atoms with Crippen LogP contribution in [0, 0.1) is 17.8 Å². The molecule has 2 N–H and O–H groups in total. The van der Waals surface area contributed by atoms with E-state index in [9.17, 15) is 4.79 Å². The molecule has 0 radical (unpaired) electrons. The van der Waals surface area contributed by atoms with Gasteiger partial charge in [-0.25, -0.2) is 0 Å². The molecular weight excluding hydrogens is 228 g/mol. The van der Waals surface area contributed by atoms with Crippen molar-refractivity contribution in [3.05, 3.63) is 0 Å². The van der Waals surface area contributed by atoms with Crippen LogP contribution in [0.25, 0.3) is 0 Å². The number of nitrogens with two attached hydrogens (primary N) is 1. The Hall–Kier alpha value is -0.610. The molecule has 3 aliphatic rings. The molecule has 0 spiro atoms. The van der Waals surface area contributed by atoms with Crippen molar-refractivity contribution in [3.8, 4) is 0 Å². The van der Waals surface area contributed by atoms with Crippen LogP contribution in [-0.4, -0.2) is 42.6 Å². The highest BCUT2D eigenvalue weighted by atomic mass is 16.5. The van der Waals surface area contributed by atoms with Crippen LogP contribution in [0.4, 0.5) is 0 Å². The Kier molecular flexibility index (Phi) is 3.10. The number of rotatable bonds is 2. The topological polar surface area (TPSA) is 55.6 Å². The molecule has 0 aromatic carbocycles. The standard InChI is InChI=1S/C14H24N2O2/c1-8-11(5-6-18-8)16(2)14(17)12-9-3-4-10(7-9)13(12)15/h8-13H,3-7,15H2,1-2H3. The highest BCUT2D eigenvalue weighted by molar-refractivity contribution is 5.80. The molecule has 1 aliphatic heterocycles. The third kappa shape index (κ3) is 1.77. The van der Waals surface area contributed by atoms with E-state index in [1.165, 1.54) is 19.3 Å². The van der Waals surface area contributed by atoms with Gasteiger partial charge in [0.05, 0.1) is 18.1 Å². The molecule has 18 heavy (non-hydrogen) atoms. The van der Waals surface area contributed by atoms with Crippen molar-refractivity contribution in [2.75, 3.05) is 13.7 Å². The lowest BCUT2D eigenvalue weighted by Gasteiger charge is -2.34. The molecule has 4 nitrogen and oxygen atoms in total. The Morgan fingerprint density at radius 2 is 2.00 bits per heavy atom. The SMILES string of the molecule is CC1OCCC1N(C)C(=O)C1C2CCC(C2)C1N. The fraction of sp³-hybridized carbons (Fsp3) is 0.929. The predicted molar refractivity (Wildman–Crippen MR) is 68.9 cm³/mol. The number of hydrogen-bond donors (Lipinski definition) is 1.